The molecule has 2 unspecified atom stereocenters. The topological polar surface area (TPSA) is 89.1 Å². The maximum atomic E-state index is 10.9. The van der Waals surface area contributed by atoms with E-state index < -0.39 is 11.9 Å². The van der Waals surface area contributed by atoms with Gasteiger partial charge in [-0.05, 0) is 24.6 Å². The van der Waals surface area contributed by atoms with Crippen LogP contribution in [0.5, 0.6) is 0 Å². The van der Waals surface area contributed by atoms with Crippen molar-refractivity contribution in [3.8, 4) is 11.5 Å². The first-order valence-corrected chi connectivity index (χ1v) is 5.98. The average molecular weight is 261 g/mol. The monoisotopic (exact) mass is 261 g/mol. The molecule has 0 aliphatic heterocycles. The van der Waals surface area contributed by atoms with Crippen molar-refractivity contribution in [2.45, 2.75) is 26.7 Å². The quantitative estimate of drug-likeness (QED) is 0.908. The predicted molar refractivity (Wildman–Crippen MR) is 67.5 cm³/mol. The second kappa shape index (κ2) is 5.17. The van der Waals surface area contributed by atoms with Crippen molar-refractivity contribution >= 4 is 5.97 Å². The van der Waals surface area contributed by atoms with Crippen LogP contribution >= 0.6 is 0 Å². The van der Waals surface area contributed by atoms with Crippen LogP contribution in [-0.4, -0.2) is 26.2 Å². The minimum atomic E-state index is -0.888. The lowest BCUT2D eigenvalue weighted by Crippen LogP contribution is -2.16. The summed E-state index contributed by atoms with van der Waals surface area (Å²) < 4.78 is 5.13. The van der Waals surface area contributed by atoms with E-state index >= 15 is 0 Å². The molecule has 2 atom stereocenters. The first-order chi connectivity index (χ1) is 8.99. The maximum Gasteiger partial charge on any atom is 0.307 e. The van der Waals surface area contributed by atoms with E-state index in [1.165, 1.54) is 0 Å². The second-order valence-electron chi connectivity index (χ2n) is 4.59. The number of carbonyl (C=O) groups is 1. The van der Waals surface area contributed by atoms with Gasteiger partial charge in [0.2, 0.25) is 11.7 Å². The Morgan fingerprint density at radius 2 is 2.16 bits per heavy atom. The van der Waals surface area contributed by atoms with E-state index in [-0.39, 0.29) is 5.92 Å². The fourth-order valence-corrected chi connectivity index (χ4v) is 1.61. The van der Waals surface area contributed by atoms with Gasteiger partial charge in [-0.3, -0.25) is 9.78 Å². The molecule has 0 saturated heterocycles. The number of nitrogens with zero attached hydrogens (tertiary/aromatic N) is 3. The zero-order valence-electron chi connectivity index (χ0n) is 11.0. The van der Waals surface area contributed by atoms with Gasteiger partial charge in [0.05, 0.1) is 5.92 Å². The van der Waals surface area contributed by atoms with Crippen molar-refractivity contribution in [3.63, 3.8) is 0 Å². The van der Waals surface area contributed by atoms with Gasteiger partial charge in [-0.2, -0.15) is 4.98 Å². The molecule has 0 saturated carbocycles. The maximum absolute atomic E-state index is 10.9. The molecular formula is C13H15N3O3. The largest absolute Gasteiger partial charge is 0.481 e. The van der Waals surface area contributed by atoms with Crippen molar-refractivity contribution < 1.29 is 14.4 Å². The zero-order valence-corrected chi connectivity index (χ0v) is 11.0. The van der Waals surface area contributed by atoms with Crippen molar-refractivity contribution in [3.05, 3.63) is 29.8 Å². The molecule has 6 heteroatoms. The summed E-state index contributed by atoms with van der Waals surface area (Å²) in [4.78, 5) is 19.3. The van der Waals surface area contributed by atoms with E-state index in [4.69, 9.17) is 9.63 Å². The molecule has 0 fully saturated rings. The van der Waals surface area contributed by atoms with Gasteiger partial charge in [0.25, 0.3) is 0 Å². The highest BCUT2D eigenvalue weighted by molar-refractivity contribution is 5.70. The number of hydrogen-bond donors (Lipinski definition) is 1. The molecule has 0 radical (unpaired) electrons. The Hall–Kier alpha value is -2.24. The van der Waals surface area contributed by atoms with Crippen molar-refractivity contribution in [1.82, 2.24) is 15.1 Å². The number of aliphatic carboxylic acids is 1. The lowest BCUT2D eigenvalue weighted by atomic mass is 9.96. The van der Waals surface area contributed by atoms with Crippen LogP contribution < -0.4 is 0 Å². The van der Waals surface area contributed by atoms with Crippen molar-refractivity contribution in [2.24, 2.45) is 5.92 Å². The molecule has 100 valence electrons. The Balaban J connectivity index is 2.26. The Bertz CT molecular complexity index is 594. The third-order valence-electron chi connectivity index (χ3n) is 3.12. The highest BCUT2D eigenvalue weighted by Gasteiger charge is 2.26. The highest BCUT2D eigenvalue weighted by Crippen LogP contribution is 2.24. The zero-order chi connectivity index (χ0) is 14.0. The Kier molecular flexibility index (Phi) is 3.59. The van der Waals surface area contributed by atoms with Crippen LogP contribution in [0.1, 0.15) is 31.2 Å². The molecule has 2 rings (SSSR count). The summed E-state index contributed by atoms with van der Waals surface area (Å²) in [5, 5.41) is 12.8. The summed E-state index contributed by atoms with van der Waals surface area (Å²) in [6.07, 6.45) is 1.67. The Morgan fingerprint density at radius 3 is 2.79 bits per heavy atom. The van der Waals surface area contributed by atoms with E-state index in [2.05, 4.69) is 15.1 Å². The molecule has 0 aromatic carbocycles. The van der Waals surface area contributed by atoms with Gasteiger partial charge in [-0.25, -0.2) is 0 Å². The molecule has 2 heterocycles. The van der Waals surface area contributed by atoms with Crippen molar-refractivity contribution in [2.75, 3.05) is 0 Å². The van der Waals surface area contributed by atoms with E-state index in [1.807, 2.05) is 19.1 Å². The second-order valence-corrected chi connectivity index (χ2v) is 4.59. The molecule has 0 aliphatic carbocycles. The first kappa shape index (κ1) is 13.2. The molecular weight excluding hydrogens is 246 g/mol. The highest BCUT2D eigenvalue weighted by atomic mass is 16.5. The summed E-state index contributed by atoms with van der Waals surface area (Å²) >= 11 is 0. The van der Waals surface area contributed by atoms with Gasteiger partial charge in [-0.15, -0.1) is 0 Å². The SMILES string of the molecule is Cc1ccnc(-c2noc(C(C)C(C)C(=O)O)n2)c1. The lowest BCUT2D eigenvalue weighted by Gasteiger charge is -2.10. The number of carboxylic acids is 1. The number of aromatic nitrogens is 3. The number of aryl methyl sites for hydroxylation is 1. The van der Waals surface area contributed by atoms with Crippen LogP contribution in [0.25, 0.3) is 11.5 Å². The molecule has 19 heavy (non-hydrogen) atoms. The molecule has 6 nitrogen and oxygen atoms in total. The lowest BCUT2D eigenvalue weighted by molar-refractivity contribution is -0.141. The number of pyridine rings is 1. The van der Waals surface area contributed by atoms with Crippen LogP contribution in [0.3, 0.4) is 0 Å². The van der Waals surface area contributed by atoms with E-state index in [1.54, 1.807) is 20.0 Å². The van der Waals surface area contributed by atoms with Gasteiger partial charge >= 0.3 is 5.97 Å². The van der Waals surface area contributed by atoms with Crippen LogP contribution in [0.2, 0.25) is 0 Å². The first-order valence-electron chi connectivity index (χ1n) is 5.98. The Labute approximate surface area is 110 Å². The van der Waals surface area contributed by atoms with Crippen LogP contribution in [0, 0.1) is 12.8 Å². The number of carboxylic acid groups (broad SMARTS) is 1. The summed E-state index contributed by atoms with van der Waals surface area (Å²) in [6, 6.07) is 3.72. The van der Waals surface area contributed by atoms with Gasteiger partial charge in [-0.1, -0.05) is 19.0 Å². The van der Waals surface area contributed by atoms with Gasteiger partial charge < -0.3 is 9.63 Å². The van der Waals surface area contributed by atoms with E-state index in [0.717, 1.165) is 5.56 Å². The van der Waals surface area contributed by atoms with E-state index in [0.29, 0.717) is 17.4 Å². The van der Waals surface area contributed by atoms with Gasteiger partial charge in [0.1, 0.15) is 5.69 Å². The van der Waals surface area contributed by atoms with Crippen LogP contribution in [-0.2, 0) is 4.79 Å². The summed E-state index contributed by atoms with van der Waals surface area (Å²) in [7, 11) is 0. The standard InChI is InChI=1S/C13H15N3O3/c1-7-4-5-14-10(6-7)11-15-12(19-16-11)8(2)9(3)13(17)18/h4-6,8-9H,1-3H3,(H,17,18). The van der Waals surface area contributed by atoms with E-state index in [9.17, 15) is 4.79 Å². The minimum Gasteiger partial charge on any atom is -0.481 e. The average Bonchev–Trinajstić information content (AvgIpc) is 2.86. The fourth-order valence-electron chi connectivity index (χ4n) is 1.61. The molecule has 2 aromatic rings. The molecule has 0 spiro atoms. The van der Waals surface area contributed by atoms with Gasteiger partial charge in [0, 0.05) is 12.1 Å². The number of rotatable bonds is 4. The molecule has 1 N–H and O–H groups in total. The summed E-state index contributed by atoms with van der Waals surface area (Å²) in [5.74, 6) is -1.13. The molecule has 0 amide bonds. The smallest absolute Gasteiger partial charge is 0.307 e. The molecule has 0 aliphatic rings. The normalized spacial score (nSPS) is 14.1. The minimum absolute atomic E-state index is 0.313. The third-order valence-corrected chi connectivity index (χ3v) is 3.12. The van der Waals surface area contributed by atoms with Gasteiger partial charge in [0.15, 0.2) is 0 Å². The Morgan fingerprint density at radius 1 is 1.42 bits per heavy atom. The molecule has 0 bridgehead atoms. The third kappa shape index (κ3) is 2.78. The van der Waals surface area contributed by atoms with Crippen LogP contribution in [0.4, 0.5) is 0 Å². The molecule has 2 aromatic heterocycles. The number of hydrogen-bond acceptors (Lipinski definition) is 5. The van der Waals surface area contributed by atoms with Crippen LogP contribution in [0.15, 0.2) is 22.9 Å². The predicted octanol–water partition coefficient (Wildman–Crippen LogP) is 2.26. The summed E-state index contributed by atoms with van der Waals surface area (Å²) in [5.41, 5.74) is 1.66. The summed E-state index contributed by atoms with van der Waals surface area (Å²) in [6.45, 7) is 5.31. The fraction of sp³-hybridized carbons (Fsp3) is 0.385. The van der Waals surface area contributed by atoms with Crippen molar-refractivity contribution in [1.29, 1.82) is 0 Å².